The third kappa shape index (κ3) is 3.34. The first-order valence-corrected chi connectivity index (χ1v) is 7.38. The molecule has 1 fully saturated rings. The van der Waals surface area contributed by atoms with Gasteiger partial charge in [0.1, 0.15) is 17.9 Å². The van der Waals surface area contributed by atoms with E-state index in [9.17, 15) is 13.2 Å². The summed E-state index contributed by atoms with van der Waals surface area (Å²) in [5.41, 5.74) is 0.517. The number of halogens is 3. The molecule has 1 aromatic carbocycles. The minimum atomic E-state index is -4.42. The van der Waals surface area contributed by atoms with Gasteiger partial charge in [0.25, 0.3) is 0 Å². The second-order valence-corrected chi connectivity index (χ2v) is 5.40. The summed E-state index contributed by atoms with van der Waals surface area (Å²) in [5, 5.41) is 8.78. The fourth-order valence-corrected chi connectivity index (χ4v) is 2.75. The molecule has 0 aliphatic carbocycles. The molecule has 0 N–H and O–H groups in total. The lowest BCUT2D eigenvalue weighted by Gasteiger charge is -2.35. The molecule has 1 atom stereocenters. The maximum Gasteiger partial charge on any atom is 0.416 e. The molecule has 1 saturated heterocycles. The molecular formula is C17H14F3N3O. The van der Waals surface area contributed by atoms with E-state index in [2.05, 4.69) is 4.98 Å². The number of nitrogens with zero attached hydrogens (tertiary/aromatic N) is 3. The minimum Gasteiger partial charge on any atom is -0.370 e. The van der Waals surface area contributed by atoms with Crippen LogP contribution in [0.5, 0.6) is 0 Å². The van der Waals surface area contributed by atoms with Crippen molar-refractivity contribution in [3.63, 3.8) is 0 Å². The van der Waals surface area contributed by atoms with Gasteiger partial charge in [0.15, 0.2) is 0 Å². The summed E-state index contributed by atoms with van der Waals surface area (Å²) in [5.74, 6) is 0. The van der Waals surface area contributed by atoms with E-state index in [1.165, 1.54) is 12.1 Å². The van der Waals surface area contributed by atoms with Crippen molar-refractivity contribution in [2.24, 2.45) is 0 Å². The Bertz CT molecular complexity index is 753. The third-order valence-electron chi connectivity index (χ3n) is 3.91. The van der Waals surface area contributed by atoms with E-state index in [4.69, 9.17) is 10.00 Å². The van der Waals surface area contributed by atoms with Crippen molar-refractivity contribution in [1.82, 2.24) is 4.98 Å². The number of rotatable bonds is 2. The summed E-state index contributed by atoms with van der Waals surface area (Å²) >= 11 is 0. The van der Waals surface area contributed by atoms with E-state index in [0.29, 0.717) is 25.4 Å². The second kappa shape index (κ2) is 6.49. The zero-order valence-corrected chi connectivity index (χ0v) is 12.6. The lowest BCUT2D eigenvalue weighted by molar-refractivity contribution is -0.139. The van der Waals surface area contributed by atoms with Gasteiger partial charge in [-0.2, -0.15) is 18.4 Å². The van der Waals surface area contributed by atoms with Gasteiger partial charge in [-0.15, -0.1) is 0 Å². The number of anilines is 1. The Morgan fingerprint density at radius 3 is 2.67 bits per heavy atom. The molecule has 124 valence electrons. The highest BCUT2D eigenvalue weighted by atomic mass is 19.4. The maximum absolute atomic E-state index is 13.2. The molecule has 7 heteroatoms. The highest BCUT2D eigenvalue weighted by Crippen LogP contribution is 2.37. The Hall–Kier alpha value is -2.59. The van der Waals surface area contributed by atoms with Crippen LogP contribution in [0.25, 0.3) is 0 Å². The normalized spacial score (nSPS) is 18.2. The first-order valence-electron chi connectivity index (χ1n) is 7.38. The molecule has 0 amide bonds. The van der Waals surface area contributed by atoms with Crippen LogP contribution in [0.3, 0.4) is 0 Å². The first-order chi connectivity index (χ1) is 11.5. The minimum absolute atomic E-state index is 0.135. The molecule has 24 heavy (non-hydrogen) atoms. The van der Waals surface area contributed by atoms with Crippen LogP contribution in [0.1, 0.15) is 22.9 Å². The average Bonchev–Trinajstić information content (AvgIpc) is 2.61. The average molecular weight is 333 g/mol. The molecule has 0 spiro atoms. The number of benzene rings is 1. The van der Waals surface area contributed by atoms with E-state index in [1.54, 1.807) is 24.4 Å². The third-order valence-corrected chi connectivity index (χ3v) is 3.91. The van der Waals surface area contributed by atoms with Crippen LogP contribution in [0.4, 0.5) is 18.9 Å². The SMILES string of the molecule is N#Cc1ccc(N2CCO[C@@H](c3ccccc3C(F)(F)F)C2)cn1. The number of nitriles is 1. The van der Waals surface area contributed by atoms with Gasteiger partial charge < -0.3 is 9.64 Å². The van der Waals surface area contributed by atoms with E-state index in [1.807, 2.05) is 11.0 Å². The van der Waals surface area contributed by atoms with Gasteiger partial charge in [-0.1, -0.05) is 18.2 Å². The number of hydrogen-bond donors (Lipinski definition) is 0. The lowest BCUT2D eigenvalue weighted by atomic mass is 10.0. The molecule has 1 aromatic heterocycles. The van der Waals surface area contributed by atoms with Gasteiger partial charge in [0.05, 0.1) is 24.1 Å². The van der Waals surface area contributed by atoms with E-state index >= 15 is 0 Å². The van der Waals surface area contributed by atoms with Crippen molar-refractivity contribution in [1.29, 1.82) is 5.26 Å². The van der Waals surface area contributed by atoms with Crippen molar-refractivity contribution in [3.05, 3.63) is 59.4 Å². The number of ether oxygens (including phenoxy) is 1. The number of hydrogen-bond acceptors (Lipinski definition) is 4. The Balaban J connectivity index is 1.85. The Labute approximate surface area is 137 Å². The standard InChI is InChI=1S/C17H14F3N3O/c18-17(19,20)15-4-2-1-3-14(15)16-11-23(7-8-24-16)13-6-5-12(9-21)22-10-13/h1-6,10,16H,7-8,11H2/t16-/m1/s1. The summed E-state index contributed by atoms with van der Waals surface area (Å²) in [4.78, 5) is 5.92. The number of pyridine rings is 1. The van der Waals surface area contributed by atoms with Crippen LogP contribution in [0.15, 0.2) is 42.6 Å². The zero-order valence-electron chi connectivity index (χ0n) is 12.6. The van der Waals surface area contributed by atoms with E-state index < -0.39 is 17.8 Å². The molecule has 1 aliphatic rings. The monoisotopic (exact) mass is 333 g/mol. The van der Waals surface area contributed by atoms with Gasteiger partial charge in [-0.3, -0.25) is 0 Å². The van der Waals surface area contributed by atoms with Crippen molar-refractivity contribution in [2.45, 2.75) is 12.3 Å². The fourth-order valence-electron chi connectivity index (χ4n) is 2.75. The first kappa shape index (κ1) is 16.3. The Kier molecular flexibility index (Phi) is 4.40. The Morgan fingerprint density at radius 1 is 1.21 bits per heavy atom. The smallest absolute Gasteiger partial charge is 0.370 e. The molecule has 2 aromatic rings. The summed E-state index contributed by atoms with van der Waals surface area (Å²) in [6.07, 6.45) is -3.54. The Morgan fingerprint density at radius 2 is 2.00 bits per heavy atom. The van der Waals surface area contributed by atoms with Crippen LogP contribution in [-0.2, 0) is 10.9 Å². The summed E-state index contributed by atoms with van der Waals surface area (Å²) in [6, 6.07) is 10.7. The predicted octanol–water partition coefficient (Wildman–Crippen LogP) is 3.55. The van der Waals surface area contributed by atoms with Crippen molar-refractivity contribution < 1.29 is 17.9 Å². The largest absolute Gasteiger partial charge is 0.416 e. The van der Waals surface area contributed by atoms with Gasteiger partial charge in [-0.05, 0) is 23.8 Å². The molecule has 0 saturated carbocycles. The number of alkyl halides is 3. The van der Waals surface area contributed by atoms with Gasteiger partial charge in [0, 0.05) is 13.1 Å². The number of aromatic nitrogens is 1. The maximum atomic E-state index is 13.2. The molecular weight excluding hydrogens is 319 g/mol. The zero-order chi connectivity index (χ0) is 17.2. The fraction of sp³-hybridized carbons (Fsp3) is 0.294. The van der Waals surface area contributed by atoms with Crippen LogP contribution in [-0.4, -0.2) is 24.7 Å². The van der Waals surface area contributed by atoms with Crippen molar-refractivity contribution in [3.8, 4) is 6.07 Å². The molecule has 3 rings (SSSR count). The summed E-state index contributed by atoms with van der Waals surface area (Å²) in [7, 11) is 0. The number of morpholine rings is 1. The molecule has 0 bridgehead atoms. The van der Waals surface area contributed by atoms with Crippen LogP contribution in [0.2, 0.25) is 0 Å². The van der Waals surface area contributed by atoms with Crippen LogP contribution < -0.4 is 4.90 Å². The van der Waals surface area contributed by atoms with Crippen LogP contribution in [0, 0.1) is 11.3 Å². The van der Waals surface area contributed by atoms with E-state index in [0.717, 1.165) is 11.8 Å². The van der Waals surface area contributed by atoms with Crippen LogP contribution >= 0.6 is 0 Å². The second-order valence-electron chi connectivity index (χ2n) is 5.40. The molecule has 0 radical (unpaired) electrons. The van der Waals surface area contributed by atoms with Gasteiger partial charge in [0.2, 0.25) is 0 Å². The summed E-state index contributed by atoms with van der Waals surface area (Å²) < 4.78 is 45.2. The summed E-state index contributed by atoms with van der Waals surface area (Å²) in [6.45, 7) is 1.16. The predicted molar refractivity (Wildman–Crippen MR) is 81.3 cm³/mol. The molecule has 1 aliphatic heterocycles. The highest BCUT2D eigenvalue weighted by molar-refractivity contribution is 5.47. The topological polar surface area (TPSA) is 49.2 Å². The molecule has 2 heterocycles. The van der Waals surface area contributed by atoms with Gasteiger partial charge >= 0.3 is 6.18 Å². The lowest BCUT2D eigenvalue weighted by Crippen LogP contribution is -2.39. The van der Waals surface area contributed by atoms with E-state index in [-0.39, 0.29) is 5.56 Å². The van der Waals surface area contributed by atoms with Crippen molar-refractivity contribution in [2.75, 3.05) is 24.6 Å². The molecule has 0 unspecified atom stereocenters. The highest BCUT2D eigenvalue weighted by Gasteiger charge is 2.36. The molecule has 4 nitrogen and oxygen atoms in total. The van der Waals surface area contributed by atoms with Crippen molar-refractivity contribution >= 4 is 5.69 Å². The quantitative estimate of drug-likeness (QED) is 0.843. The van der Waals surface area contributed by atoms with Gasteiger partial charge in [-0.25, -0.2) is 4.98 Å².